The van der Waals surface area contributed by atoms with E-state index in [0.717, 1.165) is 11.1 Å². The van der Waals surface area contributed by atoms with E-state index in [-0.39, 0.29) is 5.78 Å². The van der Waals surface area contributed by atoms with Crippen molar-refractivity contribution in [2.75, 3.05) is 0 Å². The molecule has 0 aliphatic rings. The lowest BCUT2D eigenvalue weighted by atomic mass is 10.1. The Labute approximate surface area is 124 Å². The molecule has 1 radical (unpaired) electrons. The zero-order valence-electron chi connectivity index (χ0n) is 11.4. The van der Waals surface area contributed by atoms with Crippen LogP contribution in [-0.2, 0) is 0 Å². The van der Waals surface area contributed by atoms with Crippen molar-refractivity contribution in [2.45, 2.75) is 0 Å². The number of aromatic nitrogens is 1. The molecule has 0 atom stereocenters. The van der Waals surface area contributed by atoms with Crippen LogP contribution in [0.15, 0.2) is 85.2 Å². The first-order chi connectivity index (χ1) is 10.3. The lowest BCUT2D eigenvalue weighted by Gasteiger charge is -2.05. The molecule has 1 heterocycles. The third kappa shape index (κ3) is 3.18. The van der Waals surface area contributed by atoms with Gasteiger partial charge in [-0.1, -0.05) is 60.7 Å². The minimum atomic E-state index is -0.131. The van der Waals surface area contributed by atoms with Gasteiger partial charge in [0.1, 0.15) is 0 Å². The Morgan fingerprint density at radius 3 is 1.86 bits per heavy atom. The average Bonchev–Trinajstić information content (AvgIpc) is 2.57. The molecule has 3 aromatic rings. The molecule has 2 nitrogen and oxygen atoms in total. The van der Waals surface area contributed by atoms with Gasteiger partial charge in [-0.2, -0.15) is 0 Å². The Balaban J connectivity index is 1.75. The van der Waals surface area contributed by atoms with Crippen molar-refractivity contribution in [1.29, 1.82) is 0 Å². The van der Waals surface area contributed by atoms with Crippen LogP contribution < -0.4 is 4.57 Å². The summed E-state index contributed by atoms with van der Waals surface area (Å²) < 4.78 is 1.65. The number of rotatable bonds is 4. The maximum Gasteiger partial charge on any atom is 0.203 e. The van der Waals surface area contributed by atoms with E-state index in [4.69, 9.17) is 0 Å². The number of nitrogens with zero attached hydrogens (tertiary/aromatic N) is 1. The summed E-state index contributed by atoms with van der Waals surface area (Å²) in [5.41, 5.74) is 2.90. The smallest absolute Gasteiger partial charge is 0.203 e. The first-order valence-corrected chi connectivity index (χ1v) is 6.76. The number of ketones is 1. The lowest BCUT2D eigenvalue weighted by Crippen LogP contribution is -2.34. The van der Waals surface area contributed by atoms with Gasteiger partial charge in [0, 0.05) is 0 Å². The molecule has 1 aromatic heterocycles. The zero-order chi connectivity index (χ0) is 14.5. The second kappa shape index (κ2) is 6.06. The highest BCUT2D eigenvalue weighted by atomic mass is 16.1. The molecule has 0 fully saturated rings. The van der Waals surface area contributed by atoms with Crippen LogP contribution in [0.4, 0.5) is 0 Å². The van der Waals surface area contributed by atoms with Crippen molar-refractivity contribution in [2.24, 2.45) is 0 Å². The quantitative estimate of drug-likeness (QED) is 0.405. The molecule has 2 heteroatoms. The van der Waals surface area contributed by atoms with Crippen LogP contribution in [0.1, 0.15) is 10.4 Å². The molecule has 0 aliphatic carbocycles. The Kier molecular flexibility index (Phi) is 3.79. The fourth-order valence-corrected chi connectivity index (χ4v) is 2.10. The first-order valence-electron chi connectivity index (χ1n) is 6.76. The monoisotopic (exact) mass is 272 g/mol. The molecule has 0 amide bonds. The normalized spacial score (nSPS) is 10.1. The van der Waals surface area contributed by atoms with Crippen molar-refractivity contribution >= 4 is 5.78 Å². The number of benzene rings is 2. The van der Waals surface area contributed by atoms with E-state index in [1.807, 2.05) is 60.9 Å². The highest BCUT2D eigenvalue weighted by Crippen LogP contribution is 2.16. The predicted molar refractivity (Wildman–Crippen MR) is 81.5 cm³/mol. The lowest BCUT2D eigenvalue weighted by molar-refractivity contribution is -0.624. The van der Waals surface area contributed by atoms with E-state index in [0.29, 0.717) is 5.56 Å². The van der Waals surface area contributed by atoms with Gasteiger partial charge in [0.05, 0.1) is 12.4 Å². The summed E-state index contributed by atoms with van der Waals surface area (Å²) in [4.78, 5) is 12.0. The van der Waals surface area contributed by atoms with Gasteiger partial charge >= 0.3 is 0 Å². The molecule has 2 aromatic carbocycles. The molecule has 0 N–H and O–H groups in total. The summed E-state index contributed by atoms with van der Waals surface area (Å²) in [6.07, 6.45) is 3.67. The van der Waals surface area contributed by atoms with Gasteiger partial charge < -0.3 is 4.79 Å². The molecule has 0 unspecified atom stereocenters. The van der Waals surface area contributed by atoms with Crippen LogP contribution in [0.25, 0.3) is 11.1 Å². The third-order valence-corrected chi connectivity index (χ3v) is 3.20. The first kappa shape index (κ1) is 13.1. The summed E-state index contributed by atoms with van der Waals surface area (Å²) in [5, 5.41) is 0. The molecular formula is C19H14NO. The molecule has 0 aliphatic heterocycles. The van der Waals surface area contributed by atoms with Gasteiger partial charge in [0.25, 0.3) is 0 Å². The van der Waals surface area contributed by atoms with Crippen molar-refractivity contribution in [3.8, 4) is 11.1 Å². The fourth-order valence-electron chi connectivity index (χ4n) is 2.10. The highest BCUT2D eigenvalue weighted by molar-refractivity contribution is 6.00. The Morgan fingerprint density at radius 2 is 1.24 bits per heavy atom. The molecule has 0 saturated heterocycles. The Hall–Kier alpha value is -2.87. The maximum atomic E-state index is 12.0. The Bertz CT molecular complexity index is 719. The van der Waals surface area contributed by atoms with Gasteiger partial charge in [0.2, 0.25) is 6.54 Å². The van der Waals surface area contributed by atoms with Crippen LogP contribution in [0, 0.1) is 6.54 Å². The second-order valence-corrected chi connectivity index (χ2v) is 4.67. The van der Waals surface area contributed by atoms with Crippen molar-refractivity contribution < 1.29 is 9.36 Å². The molecule has 0 bridgehead atoms. The standard InChI is InChI=1S/C19H14NO/c21-19(18-9-5-2-6-10-18)15-20-13-11-17(12-14-20)16-7-3-1-4-8-16/h1-14H. The van der Waals surface area contributed by atoms with Gasteiger partial charge in [-0.05, 0) is 28.8 Å². The summed E-state index contributed by atoms with van der Waals surface area (Å²) >= 11 is 0. The molecular weight excluding hydrogens is 258 g/mol. The minimum absolute atomic E-state index is 0.131. The fraction of sp³-hybridized carbons (Fsp3) is 0. The van der Waals surface area contributed by atoms with Crippen LogP contribution in [-0.4, -0.2) is 5.78 Å². The predicted octanol–water partition coefficient (Wildman–Crippen LogP) is 3.41. The summed E-state index contributed by atoms with van der Waals surface area (Å²) in [6.45, 7) is 2.81. The molecule has 0 spiro atoms. The molecule has 101 valence electrons. The van der Waals surface area contributed by atoms with E-state index in [1.54, 1.807) is 16.7 Å². The summed E-state index contributed by atoms with van der Waals surface area (Å²) in [7, 11) is 0. The number of hydrogen-bond acceptors (Lipinski definition) is 1. The van der Waals surface area contributed by atoms with Gasteiger partial charge in [-0.25, -0.2) is 0 Å². The van der Waals surface area contributed by atoms with Crippen LogP contribution in [0.3, 0.4) is 0 Å². The van der Waals surface area contributed by atoms with Crippen LogP contribution in [0.2, 0.25) is 0 Å². The number of hydrogen-bond donors (Lipinski definition) is 0. The van der Waals surface area contributed by atoms with E-state index >= 15 is 0 Å². The van der Waals surface area contributed by atoms with E-state index in [2.05, 4.69) is 18.7 Å². The average molecular weight is 272 g/mol. The summed E-state index contributed by atoms with van der Waals surface area (Å²) in [6, 6.07) is 23.2. The third-order valence-electron chi connectivity index (χ3n) is 3.20. The largest absolute Gasteiger partial charge is 0.305 e. The molecule has 3 rings (SSSR count). The van der Waals surface area contributed by atoms with Crippen LogP contribution in [0.5, 0.6) is 0 Å². The number of Topliss-reactive ketones (excluding diaryl/α,β-unsaturated/α-hetero) is 1. The van der Waals surface area contributed by atoms with Gasteiger partial charge in [-0.15, -0.1) is 0 Å². The maximum absolute atomic E-state index is 12.0. The van der Waals surface area contributed by atoms with E-state index in [1.165, 1.54) is 0 Å². The second-order valence-electron chi connectivity index (χ2n) is 4.67. The SMILES string of the molecule is O=C([C-][n+]1ccc(-c2ccccc2)cc1)c1ccccc1. The van der Waals surface area contributed by atoms with Gasteiger partial charge in [0.15, 0.2) is 5.78 Å². The highest BCUT2D eigenvalue weighted by Gasteiger charge is 2.06. The Morgan fingerprint density at radius 1 is 0.714 bits per heavy atom. The zero-order valence-corrected chi connectivity index (χ0v) is 11.4. The van der Waals surface area contributed by atoms with Gasteiger partial charge in [-0.3, -0.25) is 4.57 Å². The number of pyridine rings is 1. The van der Waals surface area contributed by atoms with Crippen molar-refractivity contribution in [3.05, 3.63) is 97.3 Å². The van der Waals surface area contributed by atoms with Crippen molar-refractivity contribution in [1.82, 2.24) is 0 Å². The minimum Gasteiger partial charge on any atom is -0.305 e. The van der Waals surface area contributed by atoms with Crippen molar-refractivity contribution in [3.63, 3.8) is 0 Å². The summed E-state index contributed by atoms with van der Waals surface area (Å²) in [5.74, 6) is -0.131. The van der Waals surface area contributed by atoms with Crippen LogP contribution >= 0.6 is 0 Å². The number of carbonyl (C=O) groups is 1. The number of carbonyl (C=O) groups excluding carboxylic acids is 1. The molecule has 21 heavy (non-hydrogen) atoms. The molecule has 0 saturated carbocycles. The van der Waals surface area contributed by atoms with E-state index < -0.39 is 0 Å². The topological polar surface area (TPSA) is 20.9 Å². The van der Waals surface area contributed by atoms with E-state index in [9.17, 15) is 4.79 Å².